The Morgan fingerprint density at radius 3 is 2.64 bits per heavy atom. The largest absolute Gasteiger partial charge is 0.493 e. The van der Waals surface area contributed by atoms with E-state index in [1.54, 1.807) is 7.05 Å². The molecule has 1 saturated heterocycles. The number of primary amides is 1. The Kier molecular flexibility index (Phi) is 5.47. The number of carbonyl (C=O) groups is 1. The zero-order valence-electron chi connectivity index (χ0n) is 20.6. The van der Waals surface area contributed by atoms with Crippen molar-refractivity contribution in [3.05, 3.63) is 63.8 Å². The molecule has 3 heterocycles. The summed E-state index contributed by atoms with van der Waals surface area (Å²) in [7, 11) is 1.67. The number of fused-ring (bicyclic) bond motifs is 2. The first-order chi connectivity index (χ1) is 17.4. The third kappa shape index (κ3) is 4.00. The van der Waals surface area contributed by atoms with Crippen molar-refractivity contribution in [2.24, 2.45) is 18.7 Å². The van der Waals surface area contributed by atoms with Crippen LogP contribution in [0, 0.1) is 12.8 Å². The zero-order valence-corrected chi connectivity index (χ0v) is 20.6. The second kappa shape index (κ2) is 8.69. The number of ether oxygens (including phenoxy) is 1. The molecular formula is C28H30N4O4. The molecular weight excluding hydrogens is 456 g/mol. The molecule has 2 aromatic carbocycles. The van der Waals surface area contributed by atoms with Gasteiger partial charge in [-0.05, 0) is 74.4 Å². The van der Waals surface area contributed by atoms with E-state index in [9.17, 15) is 9.59 Å². The predicted molar refractivity (Wildman–Crippen MR) is 139 cm³/mol. The standard InChI is InChI=1S/C28H30N4O4/c1-16-3-8-23-21(13-16)30-27(36-23)18-9-11-32(12-10-18)25-20-14-19(35-15-17-4-5-17)6-7-22(20)31(2)28(34)24(25)26(29)33/h3,6-8,13-14,17-18H,4-5,9-12,15H2,1-2H3,(H2,29,33). The van der Waals surface area contributed by atoms with E-state index in [4.69, 9.17) is 19.9 Å². The minimum absolute atomic E-state index is 0.0279. The van der Waals surface area contributed by atoms with E-state index >= 15 is 0 Å². The van der Waals surface area contributed by atoms with Gasteiger partial charge in [-0.2, -0.15) is 0 Å². The molecule has 2 fully saturated rings. The Morgan fingerprint density at radius 1 is 1.14 bits per heavy atom. The smallest absolute Gasteiger partial charge is 0.265 e. The number of rotatable bonds is 6. The molecule has 6 rings (SSSR count). The van der Waals surface area contributed by atoms with Crippen LogP contribution in [0.1, 0.15) is 53.4 Å². The van der Waals surface area contributed by atoms with Gasteiger partial charge >= 0.3 is 0 Å². The molecule has 0 atom stereocenters. The van der Waals surface area contributed by atoms with E-state index in [1.165, 1.54) is 17.4 Å². The average Bonchev–Trinajstić information content (AvgIpc) is 3.61. The van der Waals surface area contributed by atoms with Gasteiger partial charge in [0.1, 0.15) is 16.8 Å². The van der Waals surface area contributed by atoms with Crippen LogP contribution in [0.5, 0.6) is 5.75 Å². The Morgan fingerprint density at radius 2 is 1.92 bits per heavy atom. The summed E-state index contributed by atoms with van der Waals surface area (Å²) >= 11 is 0. The second-order valence-corrected chi connectivity index (χ2v) is 10.2. The maximum atomic E-state index is 13.2. The first-order valence-corrected chi connectivity index (χ1v) is 12.6. The van der Waals surface area contributed by atoms with Gasteiger partial charge in [0.2, 0.25) is 0 Å². The Bertz CT molecular complexity index is 1540. The van der Waals surface area contributed by atoms with Crippen LogP contribution in [-0.2, 0) is 7.05 Å². The third-order valence-corrected chi connectivity index (χ3v) is 7.49. The third-order valence-electron chi connectivity index (χ3n) is 7.49. The summed E-state index contributed by atoms with van der Waals surface area (Å²) in [5.74, 6) is 1.56. The fraction of sp³-hybridized carbons (Fsp3) is 0.393. The fourth-order valence-corrected chi connectivity index (χ4v) is 5.23. The topological polar surface area (TPSA) is 104 Å². The van der Waals surface area contributed by atoms with Crippen molar-refractivity contribution in [2.75, 3.05) is 24.6 Å². The maximum Gasteiger partial charge on any atom is 0.265 e. The van der Waals surface area contributed by atoms with Crippen molar-refractivity contribution in [3.8, 4) is 5.75 Å². The number of hydrogen-bond acceptors (Lipinski definition) is 6. The van der Waals surface area contributed by atoms with E-state index in [-0.39, 0.29) is 17.0 Å². The normalized spacial score (nSPS) is 16.7. The quantitative estimate of drug-likeness (QED) is 0.437. The van der Waals surface area contributed by atoms with Crippen molar-refractivity contribution in [1.29, 1.82) is 0 Å². The van der Waals surface area contributed by atoms with E-state index in [2.05, 4.69) is 4.90 Å². The molecule has 36 heavy (non-hydrogen) atoms. The number of anilines is 1. The molecule has 8 nitrogen and oxygen atoms in total. The number of amides is 1. The molecule has 0 spiro atoms. The zero-order chi connectivity index (χ0) is 25.0. The molecule has 186 valence electrons. The summed E-state index contributed by atoms with van der Waals surface area (Å²) in [5.41, 5.74) is 9.58. The van der Waals surface area contributed by atoms with Crippen molar-refractivity contribution < 1.29 is 13.9 Å². The summed E-state index contributed by atoms with van der Waals surface area (Å²) in [4.78, 5) is 32.6. The Hall–Kier alpha value is -3.81. The number of carbonyl (C=O) groups excluding carboxylic acids is 1. The summed E-state index contributed by atoms with van der Waals surface area (Å²) in [6.07, 6.45) is 3.98. The Labute approximate surface area is 208 Å². The van der Waals surface area contributed by atoms with Gasteiger partial charge in [0.15, 0.2) is 11.5 Å². The van der Waals surface area contributed by atoms with Crippen LogP contribution in [0.2, 0.25) is 0 Å². The van der Waals surface area contributed by atoms with Gasteiger partial charge in [-0.25, -0.2) is 4.98 Å². The van der Waals surface area contributed by atoms with Crippen LogP contribution >= 0.6 is 0 Å². The molecule has 0 bridgehead atoms. The monoisotopic (exact) mass is 486 g/mol. The lowest BCUT2D eigenvalue weighted by Gasteiger charge is -2.34. The van der Waals surface area contributed by atoms with Crippen LogP contribution < -0.4 is 20.9 Å². The highest BCUT2D eigenvalue weighted by Crippen LogP contribution is 2.37. The fourth-order valence-electron chi connectivity index (χ4n) is 5.23. The number of nitrogens with zero attached hydrogens (tertiary/aromatic N) is 3. The summed E-state index contributed by atoms with van der Waals surface area (Å²) in [5, 5.41) is 0.801. The molecule has 0 unspecified atom stereocenters. The molecule has 4 aromatic rings. The number of aromatic nitrogens is 2. The lowest BCUT2D eigenvalue weighted by molar-refractivity contribution is 0.0999. The number of benzene rings is 2. The van der Waals surface area contributed by atoms with Crippen LogP contribution in [0.25, 0.3) is 22.0 Å². The van der Waals surface area contributed by atoms with Gasteiger partial charge in [0.05, 0.1) is 17.8 Å². The average molecular weight is 487 g/mol. The second-order valence-electron chi connectivity index (χ2n) is 10.2. The Balaban J connectivity index is 1.35. The van der Waals surface area contributed by atoms with Gasteiger partial charge < -0.3 is 24.4 Å². The molecule has 1 aliphatic carbocycles. The molecule has 2 aromatic heterocycles. The summed E-state index contributed by atoms with van der Waals surface area (Å²) in [6, 6.07) is 11.7. The maximum absolute atomic E-state index is 13.2. The number of aryl methyl sites for hydroxylation is 2. The number of oxazole rings is 1. The SMILES string of the molecule is Cc1ccc2oc(C3CCN(c4c(C(N)=O)c(=O)n(C)c5ccc(OCC6CC6)cc45)CC3)nc2c1. The summed E-state index contributed by atoms with van der Waals surface area (Å²) in [6.45, 7) is 4.03. The number of hydrogen-bond donors (Lipinski definition) is 1. The minimum atomic E-state index is -0.715. The molecule has 2 N–H and O–H groups in total. The van der Waals surface area contributed by atoms with Crippen LogP contribution in [0.3, 0.4) is 0 Å². The molecule has 1 amide bonds. The lowest BCUT2D eigenvalue weighted by Crippen LogP contribution is -2.38. The number of pyridine rings is 1. The van der Waals surface area contributed by atoms with Gasteiger partial charge in [-0.1, -0.05) is 6.07 Å². The van der Waals surface area contributed by atoms with E-state index in [0.717, 1.165) is 52.0 Å². The molecule has 0 radical (unpaired) electrons. The van der Waals surface area contributed by atoms with E-state index < -0.39 is 5.91 Å². The highest BCUT2D eigenvalue weighted by Gasteiger charge is 2.30. The molecule has 8 heteroatoms. The van der Waals surface area contributed by atoms with Crippen molar-refractivity contribution >= 4 is 33.6 Å². The van der Waals surface area contributed by atoms with Gasteiger partial charge in [0.25, 0.3) is 11.5 Å². The first kappa shape index (κ1) is 22.6. The van der Waals surface area contributed by atoms with Crippen molar-refractivity contribution in [3.63, 3.8) is 0 Å². The van der Waals surface area contributed by atoms with Crippen LogP contribution in [-0.4, -0.2) is 35.2 Å². The van der Waals surface area contributed by atoms with Crippen molar-refractivity contribution in [1.82, 2.24) is 9.55 Å². The highest BCUT2D eigenvalue weighted by atomic mass is 16.5. The van der Waals surface area contributed by atoms with Crippen LogP contribution in [0.4, 0.5) is 5.69 Å². The number of nitrogens with two attached hydrogens (primary N) is 1. The minimum Gasteiger partial charge on any atom is -0.493 e. The van der Waals surface area contributed by atoms with E-state index in [1.807, 2.05) is 43.3 Å². The molecule has 2 aliphatic rings. The predicted octanol–water partition coefficient (Wildman–Crippen LogP) is 4.26. The number of piperidine rings is 1. The van der Waals surface area contributed by atoms with Crippen molar-refractivity contribution in [2.45, 2.75) is 38.5 Å². The molecule has 1 saturated carbocycles. The van der Waals surface area contributed by atoms with Gasteiger partial charge in [0, 0.05) is 31.4 Å². The highest BCUT2D eigenvalue weighted by molar-refractivity contribution is 6.07. The molecule has 1 aliphatic heterocycles. The van der Waals surface area contributed by atoms with Crippen LogP contribution in [0.15, 0.2) is 45.6 Å². The summed E-state index contributed by atoms with van der Waals surface area (Å²) < 4.78 is 13.6. The lowest BCUT2D eigenvalue weighted by atomic mass is 9.95. The van der Waals surface area contributed by atoms with Gasteiger partial charge in [-0.15, -0.1) is 0 Å². The first-order valence-electron chi connectivity index (χ1n) is 12.6. The van der Waals surface area contributed by atoms with Gasteiger partial charge in [-0.3, -0.25) is 9.59 Å². The van der Waals surface area contributed by atoms with E-state index in [0.29, 0.717) is 31.3 Å².